The lowest BCUT2D eigenvalue weighted by atomic mass is 10.2. The Hall–Kier alpha value is -0.320. The van der Waals surface area contributed by atoms with Crippen LogP contribution in [0.4, 0.5) is 0 Å². The molecule has 130 valence electrons. The van der Waals surface area contributed by atoms with Crippen LogP contribution in [0.5, 0.6) is 0 Å². The molecular formula is C14H29N3O5. The summed E-state index contributed by atoms with van der Waals surface area (Å²) < 4.78 is 11.0. The van der Waals surface area contributed by atoms with Crippen molar-refractivity contribution in [2.45, 2.75) is 18.4 Å². The van der Waals surface area contributed by atoms with Crippen LogP contribution in [-0.2, 0) is 9.47 Å². The standard InChI is InChI=1S/C14H29N3O5/c18-10-13(20)14(17-5-7-21-8-6-17)22-11-12(19)9-16-3-1-15-2-4-16/h12-15,18-20H,1-11H2. The summed E-state index contributed by atoms with van der Waals surface area (Å²) in [5.74, 6) is 0. The third kappa shape index (κ3) is 5.71. The molecule has 2 heterocycles. The molecule has 0 spiro atoms. The van der Waals surface area contributed by atoms with Gasteiger partial charge < -0.3 is 30.1 Å². The second kappa shape index (κ2) is 9.74. The number of nitrogens with one attached hydrogen (secondary N) is 1. The maximum Gasteiger partial charge on any atom is 0.139 e. The largest absolute Gasteiger partial charge is 0.394 e. The van der Waals surface area contributed by atoms with Gasteiger partial charge in [-0.25, -0.2) is 0 Å². The van der Waals surface area contributed by atoms with Crippen molar-refractivity contribution in [2.24, 2.45) is 0 Å². The van der Waals surface area contributed by atoms with Crippen LogP contribution in [0, 0.1) is 0 Å². The smallest absolute Gasteiger partial charge is 0.139 e. The van der Waals surface area contributed by atoms with Crippen molar-refractivity contribution < 1.29 is 24.8 Å². The van der Waals surface area contributed by atoms with E-state index in [1.165, 1.54) is 0 Å². The minimum absolute atomic E-state index is 0.142. The van der Waals surface area contributed by atoms with Crippen LogP contribution in [0.3, 0.4) is 0 Å². The third-order valence-corrected chi connectivity index (χ3v) is 4.06. The van der Waals surface area contributed by atoms with E-state index in [0.717, 1.165) is 26.2 Å². The van der Waals surface area contributed by atoms with E-state index in [-0.39, 0.29) is 13.2 Å². The molecule has 0 aromatic rings. The summed E-state index contributed by atoms with van der Waals surface area (Å²) >= 11 is 0. The number of hydrogen-bond acceptors (Lipinski definition) is 8. The van der Waals surface area contributed by atoms with Gasteiger partial charge >= 0.3 is 0 Å². The van der Waals surface area contributed by atoms with Crippen molar-refractivity contribution >= 4 is 0 Å². The number of ether oxygens (including phenoxy) is 2. The molecule has 0 radical (unpaired) electrons. The van der Waals surface area contributed by atoms with Gasteiger partial charge in [0.15, 0.2) is 0 Å². The molecular weight excluding hydrogens is 290 g/mol. The van der Waals surface area contributed by atoms with E-state index in [1.807, 2.05) is 4.90 Å². The van der Waals surface area contributed by atoms with Crippen molar-refractivity contribution in [2.75, 3.05) is 72.2 Å². The van der Waals surface area contributed by atoms with Crippen LogP contribution in [0.15, 0.2) is 0 Å². The highest BCUT2D eigenvalue weighted by molar-refractivity contribution is 4.75. The number of β-amino-alcohol motifs (C(OH)–C–C–N with tert-alkyl or cyclic N) is 1. The number of aliphatic hydroxyl groups is 3. The Balaban J connectivity index is 1.76. The molecule has 2 saturated heterocycles. The van der Waals surface area contributed by atoms with Gasteiger partial charge in [-0.3, -0.25) is 9.80 Å². The second-order valence-electron chi connectivity index (χ2n) is 5.83. The van der Waals surface area contributed by atoms with Gasteiger partial charge in [0.05, 0.1) is 32.5 Å². The molecule has 2 aliphatic heterocycles. The molecule has 0 amide bonds. The molecule has 0 aromatic carbocycles. The first-order chi connectivity index (χ1) is 10.7. The summed E-state index contributed by atoms with van der Waals surface area (Å²) in [6.45, 7) is 6.52. The first kappa shape index (κ1) is 18.0. The average molecular weight is 319 g/mol. The number of hydrogen-bond donors (Lipinski definition) is 4. The van der Waals surface area contributed by atoms with Gasteiger partial charge in [-0.05, 0) is 0 Å². The lowest BCUT2D eigenvalue weighted by Crippen LogP contribution is -2.53. The molecule has 3 atom stereocenters. The van der Waals surface area contributed by atoms with Crippen LogP contribution >= 0.6 is 0 Å². The fraction of sp³-hybridized carbons (Fsp3) is 1.00. The van der Waals surface area contributed by atoms with Crippen LogP contribution in [0.25, 0.3) is 0 Å². The van der Waals surface area contributed by atoms with Crippen molar-refractivity contribution in [1.82, 2.24) is 15.1 Å². The Morgan fingerprint density at radius 2 is 1.77 bits per heavy atom. The Morgan fingerprint density at radius 3 is 2.41 bits per heavy atom. The monoisotopic (exact) mass is 319 g/mol. The van der Waals surface area contributed by atoms with Crippen molar-refractivity contribution in [3.63, 3.8) is 0 Å². The van der Waals surface area contributed by atoms with Gasteiger partial charge in [0, 0.05) is 45.8 Å². The quantitative estimate of drug-likeness (QED) is 0.383. The lowest BCUT2D eigenvalue weighted by Gasteiger charge is -2.37. The average Bonchev–Trinajstić information content (AvgIpc) is 2.56. The maximum atomic E-state index is 10.1. The SMILES string of the molecule is OCC(O)C(OCC(O)CN1CCNCC1)N1CCOCC1. The number of piperazine rings is 1. The minimum Gasteiger partial charge on any atom is -0.394 e. The highest BCUT2D eigenvalue weighted by Crippen LogP contribution is 2.11. The van der Waals surface area contributed by atoms with E-state index in [1.54, 1.807) is 0 Å². The van der Waals surface area contributed by atoms with E-state index < -0.39 is 18.4 Å². The number of morpholine rings is 1. The zero-order chi connectivity index (χ0) is 15.8. The number of rotatable bonds is 8. The van der Waals surface area contributed by atoms with Crippen LogP contribution in [0.1, 0.15) is 0 Å². The molecule has 0 saturated carbocycles. The maximum absolute atomic E-state index is 10.1. The Bertz CT molecular complexity index is 298. The van der Waals surface area contributed by atoms with E-state index in [0.29, 0.717) is 32.8 Å². The van der Waals surface area contributed by atoms with Gasteiger partial charge in [0.2, 0.25) is 0 Å². The first-order valence-electron chi connectivity index (χ1n) is 8.04. The zero-order valence-corrected chi connectivity index (χ0v) is 13.1. The first-order valence-corrected chi connectivity index (χ1v) is 8.04. The van der Waals surface area contributed by atoms with E-state index >= 15 is 0 Å². The fourth-order valence-corrected chi connectivity index (χ4v) is 2.84. The highest BCUT2D eigenvalue weighted by atomic mass is 16.5. The van der Waals surface area contributed by atoms with Gasteiger partial charge in [-0.2, -0.15) is 0 Å². The van der Waals surface area contributed by atoms with Crippen molar-refractivity contribution in [1.29, 1.82) is 0 Å². The second-order valence-corrected chi connectivity index (χ2v) is 5.83. The van der Waals surface area contributed by atoms with Gasteiger partial charge in [0.25, 0.3) is 0 Å². The molecule has 3 unspecified atom stereocenters. The summed E-state index contributed by atoms with van der Waals surface area (Å²) in [6, 6.07) is 0. The van der Waals surface area contributed by atoms with Crippen LogP contribution < -0.4 is 5.32 Å². The lowest BCUT2D eigenvalue weighted by molar-refractivity contribution is -0.167. The predicted octanol–water partition coefficient (Wildman–Crippen LogP) is -2.72. The topological polar surface area (TPSA) is 97.7 Å². The molecule has 22 heavy (non-hydrogen) atoms. The summed E-state index contributed by atoms with van der Waals surface area (Å²) in [5.41, 5.74) is 0. The summed E-state index contributed by atoms with van der Waals surface area (Å²) in [4.78, 5) is 4.14. The molecule has 0 bridgehead atoms. The molecule has 8 nitrogen and oxygen atoms in total. The Morgan fingerprint density at radius 1 is 1.09 bits per heavy atom. The molecule has 0 aromatic heterocycles. The van der Waals surface area contributed by atoms with Crippen LogP contribution in [-0.4, -0.2) is 116 Å². The highest BCUT2D eigenvalue weighted by Gasteiger charge is 2.29. The number of aliphatic hydroxyl groups excluding tert-OH is 3. The minimum atomic E-state index is -0.982. The third-order valence-electron chi connectivity index (χ3n) is 4.06. The predicted molar refractivity (Wildman–Crippen MR) is 80.5 cm³/mol. The van der Waals surface area contributed by atoms with E-state index in [2.05, 4.69) is 10.2 Å². The fourth-order valence-electron chi connectivity index (χ4n) is 2.84. The van der Waals surface area contributed by atoms with Crippen molar-refractivity contribution in [3.05, 3.63) is 0 Å². The van der Waals surface area contributed by atoms with Crippen molar-refractivity contribution in [3.8, 4) is 0 Å². The molecule has 2 aliphatic rings. The zero-order valence-electron chi connectivity index (χ0n) is 13.1. The summed E-state index contributed by atoms with van der Waals surface area (Å²) in [7, 11) is 0. The van der Waals surface area contributed by atoms with E-state index in [4.69, 9.17) is 9.47 Å². The molecule has 0 aliphatic carbocycles. The number of nitrogens with zero attached hydrogens (tertiary/aromatic N) is 2. The van der Waals surface area contributed by atoms with Gasteiger partial charge in [-0.15, -0.1) is 0 Å². The Kier molecular flexibility index (Phi) is 7.98. The molecule has 4 N–H and O–H groups in total. The summed E-state index contributed by atoms with van der Waals surface area (Å²) in [6.07, 6.45) is -2.19. The van der Waals surface area contributed by atoms with E-state index in [9.17, 15) is 15.3 Å². The molecule has 8 heteroatoms. The van der Waals surface area contributed by atoms with Crippen LogP contribution in [0.2, 0.25) is 0 Å². The Labute approximate surface area is 131 Å². The molecule has 2 rings (SSSR count). The van der Waals surface area contributed by atoms with Gasteiger partial charge in [0.1, 0.15) is 12.3 Å². The molecule has 2 fully saturated rings. The normalized spacial score (nSPS) is 25.8. The van der Waals surface area contributed by atoms with Gasteiger partial charge in [-0.1, -0.05) is 0 Å². The summed E-state index contributed by atoms with van der Waals surface area (Å²) in [5, 5.41) is 32.5.